The van der Waals surface area contributed by atoms with Gasteiger partial charge in [0.2, 0.25) is 11.8 Å². The molecule has 0 saturated heterocycles. The number of unbranched alkanes of at least 4 members (excludes halogenated alkanes) is 2. The molecule has 1 rings (SSSR count). The zero-order chi connectivity index (χ0) is 23.1. The molecular formula is C21H31IN6O3. The highest BCUT2D eigenvalue weighted by Crippen LogP contribution is 2.12. The zero-order valence-electron chi connectivity index (χ0n) is 18.0. The van der Waals surface area contributed by atoms with E-state index in [-0.39, 0.29) is 11.8 Å². The Balaban J connectivity index is 2.47. The Morgan fingerprint density at radius 3 is 2.52 bits per heavy atom. The number of halogens is 1. The summed E-state index contributed by atoms with van der Waals surface area (Å²) < 4.78 is 0.904. The smallest absolute Gasteiger partial charge is 0.241 e. The minimum atomic E-state index is -0.497. The van der Waals surface area contributed by atoms with Crippen LogP contribution in [0.5, 0.6) is 0 Å². The number of azide groups is 1. The van der Waals surface area contributed by atoms with E-state index in [0.717, 1.165) is 29.2 Å². The molecule has 10 heteroatoms. The summed E-state index contributed by atoms with van der Waals surface area (Å²) in [7, 11) is 0. The van der Waals surface area contributed by atoms with E-state index < -0.39 is 18.0 Å². The van der Waals surface area contributed by atoms with E-state index in [1.54, 1.807) is 13.8 Å². The third kappa shape index (κ3) is 11.1. The molecule has 0 radical (unpaired) electrons. The van der Waals surface area contributed by atoms with E-state index in [0.29, 0.717) is 25.9 Å². The van der Waals surface area contributed by atoms with Crippen molar-refractivity contribution in [3.63, 3.8) is 0 Å². The molecule has 0 fully saturated rings. The molecule has 3 atom stereocenters. The van der Waals surface area contributed by atoms with Crippen molar-refractivity contribution >= 4 is 46.4 Å². The van der Waals surface area contributed by atoms with Crippen LogP contribution in [-0.2, 0) is 18.8 Å². The van der Waals surface area contributed by atoms with Crippen LogP contribution in [0, 0.1) is 5.92 Å². The molecule has 0 aliphatic heterocycles. The van der Waals surface area contributed by atoms with Crippen LogP contribution in [0.2, 0.25) is 0 Å². The second-order valence-electron chi connectivity index (χ2n) is 7.38. The Labute approximate surface area is 196 Å². The topological polar surface area (TPSA) is 136 Å². The van der Waals surface area contributed by atoms with Gasteiger partial charge in [-0.1, -0.05) is 53.2 Å². The van der Waals surface area contributed by atoms with E-state index in [1.165, 1.54) is 5.56 Å². The number of anilines is 1. The van der Waals surface area contributed by atoms with E-state index in [2.05, 4.69) is 48.6 Å². The standard InChI is InChI=1S/C21H31IN6O3/c1-15(14-29)19(27-20(30)6-4-3-5-11-25-28-23)13-24-16(2)21(31)26-18-9-7-17(12-22)8-10-18/h7-10,14-16,19,24H,3-6,11-13H2,1-2H3,(H,26,31)(H,27,30)/t15-,16+,19?/m1/s1. The molecule has 0 saturated carbocycles. The number of amides is 2. The molecule has 0 aromatic heterocycles. The van der Waals surface area contributed by atoms with Crippen molar-refractivity contribution in [3.8, 4) is 0 Å². The van der Waals surface area contributed by atoms with Gasteiger partial charge in [-0.15, -0.1) is 0 Å². The number of carbonyl (C=O) groups is 3. The van der Waals surface area contributed by atoms with Gasteiger partial charge in [-0.25, -0.2) is 0 Å². The minimum Gasteiger partial charge on any atom is -0.351 e. The van der Waals surface area contributed by atoms with Crippen molar-refractivity contribution in [1.82, 2.24) is 10.6 Å². The number of aldehydes is 1. The van der Waals surface area contributed by atoms with E-state index in [4.69, 9.17) is 5.53 Å². The molecule has 1 aromatic carbocycles. The van der Waals surface area contributed by atoms with E-state index >= 15 is 0 Å². The number of rotatable bonds is 15. The lowest BCUT2D eigenvalue weighted by Gasteiger charge is -2.24. The molecule has 1 unspecified atom stereocenters. The van der Waals surface area contributed by atoms with Gasteiger partial charge in [-0.2, -0.15) is 0 Å². The highest BCUT2D eigenvalue weighted by molar-refractivity contribution is 14.1. The number of hydrogen-bond donors (Lipinski definition) is 3. The highest BCUT2D eigenvalue weighted by atomic mass is 127. The average molecular weight is 542 g/mol. The SMILES string of the molecule is C[C@H](NCC(NC(=O)CCCCCN=[N+]=[N-])[C@H](C)C=O)C(=O)Nc1ccc(CI)cc1. The minimum absolute atomic E-state index is 0.142. The molecule has 3 N–H and O–H groups in total. The van der Waals surface area contributed by atoms with Gasteiger partial charge in [0.15, 0.2) is 0 Å². The van der Waals surface area contributed by atoms with Gasteiger partial charge in [-0.05, 0) is 43.0 Å². The van der Waals surface area contributed by atoms with Gasteiger partial charge in [0.05, 0.1) is 12.1 Å². The Hall–Kier alpha value is -2.17. The van der Waals surface area contributed by atoms with Gasteiger partial charge < -0.3 is 20.7 Å². The first-order valence-corrected chi connectivity index (χ1v) is 11.9. The summed E-state index contributed by atoms with van der Waals surface area (Å²) in [4.78, 5) is 38.6. The predicted molar refractivity (Wildman–Crippen MR) is 130 cm³/mol. The van der Waals surface area contributed by atoms with Crippen LogP contribution in [-0.4, -0.2) is 43.3 Å². The molecule has 0 bridgehead atoms. The summed E-state index contributed by atoms with van der Waals surface area (Å²) in [5.41, 5.74) is 10.1. The largest absolute Gasteiger partial charge is 0.351 e. The number of alkyl halides is 1. The molecule has 2 amide bonds. The number of nitrogens with zero attached hydrogens (tertiary/aromatic N) is 3. The van der Waals surface area contributed by atoms with Crippen LogP contribution in [0.15, 0.2) is 29.4 Å². The Kier molecular flexibility index (Phi) is 13.5. The van der Waals surface area contributed by atoms with Gasteiger partial charge >= 0.3 is 0 Å². The van der Waals surface area contributed by atoms with Gasteiger partial charge in [-0.3, -0.25) is 9.59 Å². The van der Waals surface area contributed by atoms with Crippen LogP contribution in [0.1, 0.15) is 45.1 Å². The molecule has 9 nitrogen and oxygen atoms in total. The van der Waals surface area contributed by atoms with Crippen molar-refractivity contribution in [2.75, 3.05) is 18.4 Å². The van der Waals surface area contributed by atoms with Crippen LogP contribution < -0.4 is 16.0 Å². The predicted octanol–water partition coefficient (Wildman–Crippen LogP) is 3.73. The highest BCUT2D eigenvalue weighted by Gasteiger charge is 2.21. The Morgan fingerprint density at radius 2 is 1.90 bits per heavy atom. The molecule has 0 aliphatic carbocycles. The Bertz CT molecular complexity index is 752. The van der Waals surface area contributed by atoms with Gasteiger partial charge in [0, 0.05) is 40.5 Å². The van der Waals surface area contributed by atoms with E-state index in [1.807, 2.05) is 24.3 Å². The fourth-order valence-electron chi connectivity index (χ4n) is 2.76. The van der Waals surface area contributed by atoms with Crippen LogP contribution in [0.3, 0.4) is 0 Å². The summed E-state index contributed by atoms with van der Waals surface area (Å²) in [5.74, 6) is -0.722. The average Bonchev–Trinajstić information content (AvgIpc) is 2.78. The van der Waals surface area contributed by atoms with E-state index in [9.17, 15) is 14.4 Å². The van der Waals surface area contributed by atoms with Crippen molar-refractivity contribution in [2.45, 2.75) is 56.0 Å². The number of nitrogens with one attached hydrogen (secondary N) is 3. The monoisotopic (exact) mass is 542 g/mol. The number of benzene rings is 1. The van der Waals surface area contributed by atoms with Crippen LogP contribution >= 0.6 is 22.6 Å². The molecule has 0 aliphatic rings. The number of hydrogen-bond acceptors (Lipinski definition) is 5. The van der Waals surface area contributed by atoms with Crippen molar-refractivity contribution in [2.24, 2.45) is 11.0 Å². The summed E-state index contributed by atoms with van der Waals surface area (Å²) in [6, 6.07) is 6.75. The summed E-state index contributed by atoms with van der Waals surface area (Å²) >= 11 is 2.28. The maximum Gasteiger partial charge on any atom is 0.241 e. The van der Waals surface area contributed by atoms with Gasteiger partial charge in [0.25, 0.3) is 0 Å². The molecule has 170 valence electrons. The first kappa shape index (κ1) is 26.9. The number of carbonyl (C=O) groups excluding carboxylic acids is 3. The molecular weight excluding hydrogens is 511 g/mol. The molecule has 31 heavy (non-hydrogen) atoms. The second kappa shape index (κ2) is 15.6. The first-order chi connectivity index (χ1) is 14.9. The lowest BCUT2D eigenvalue weighted by molar-refractivity contribution is -0.122. The fourth-order valence-corrected chi connectivity index (χ4v) is 3.26. The third-order valence-electron chi connectivity index (χ3n) is 4.83. The van der Waals surface area contributed by atoms with Gasteiger partial charge in [0.1, 0.15) is 6.29 Å². The quantitative estimate of drug-likeness (QED) is 0.0592. The first-order valence-electron chi connectivity index (χ1n) is 10.4. The Morgan fingerprint density at radius 1 is 1.19 bits per heavy atom. The fraction of sp³-hybridized carbons (Fsp3) is 0.571. The summed E-state index contributed by atoms with van der Waals surface area (Å²) in [5, 5.41) is 12.3. The van der Waals surface area contributed by atoms with Crippen molar-refractivity contribution in [3.05, 3.63) is 40.3 Å². The maximum absolute atomic E-state index is 12.4. The van der Waals surface area contributed by atoms with Crippen molar-refractivity contribution in [1.29, 1.82) is 0 Å². The lowest BCUT2D eigenvalue weighted by atomic mass is 10.0. The van der Waals surface area contributed by atoms with Crippen LogP contribution in [0.4, 0.5) is 5.69 Å². The lowest BCUT2D eigenvalue weighted by Crippen LogP contribution is -2.50. The van der Waals surface area contributed by atoms with Crippen LogP contribution in [0.25, 0.3) is 10.4 Å². The second-order valence-corrected chi connectivity index (χ2v) is 8.15. The zero-order valence-corrected chi connectivity index (χ0v) is 20.2. The normalized spacial score (nSPS) is 13.4. The summed E-state index contributed by atoms with van der Waals surface area (Å²) in [6.45, 7) is 4.20. The van der Waals surface area contributed by atoms with Crippen molar-refractivity contribution < 1.29 is 14.4 Å². The molecule has 1 aromatic rings. The maximum atomic E-state index is 12.4. The third-order valence-corrected chi connectivity index (χ3v) is 5.71. The molecule has 0 heterocycles. The molecule has 0 spiro atoms. The summed E-state index contributed by atoms with van der Waals surface area (Å²) in [6.07, 6.45) is 3.33.